The third-order valence-corrected chi connectivity index (χ3v) is 2.14. The van der Waals surface area contributed by atoms with Crippen molar-refractivity contribution in [1.29, 1.82) is 0 Å². The Labute approximate surface area is 111 Å². The number of hydrogen-bond donors (Lipinski definition) is 0. The van der Waals surface area contributed by atoms with Crippen molar-refractivity contribution < 1.29 is 9.59 Å². The van der Waals surface area contributed by atoms with E-state index in [0.717, 1.165) is 0 Å². The van der Waals surface area contributed by atoms with Crippen LogP contribution >= 0.6 is 0 Å². The molecule has 1 aromatic rings. The summed E-state index contributed by atoms with van der Waals surface area (Å²) in [5, 5.41) is 0. The molecule has 0 heterocycles. The Kier molecular flexibility index (Phi) is 12.3. The van der Waals surface area contributed by atoms with E-state index < -0.39 is 0 Å². The molecule has 3 heteroatoms. The molecule has 0 atom stereocenters. The number of hydrogen-bond acceptors (Lipinski definition) is 2. The van der Waals surface area contributed by atoms with E-state index in [1.54, 1.807) is 36.2 Å². The Hall–Kier alpha value is -1.64. The summed E-state index contributed by atoms with van der Waals surface area (Å²) < 4.78 is 0. The second kappa shape index (κ2) is 11.8. The maximum absolute atomic E-state index is 11.7. The van der Waals surface area contributed by atoms with Crippen molar-refractivity contribution in [3.05, 3.63) is 35.4 Å². The van der Waals surface area contributed by atoms with Crippen LogP contribution in [0.2, 0.25) is 0 Å². The van der Waals surface area contributed by atoms with Gasteiger partial charge in [-0.05, 0) is 13.0 Å². The fraction of sp³-hybridized carbons (Fsp3) is 0.467. The Bertz CT molecular complexity index is 348. The Balaban J connectivity index is 0. The molecule has 1 amide bonds. The van der Waals surface area contributed by atoms with Crippen LogP contribution in [0.3, 0.4) is 0 Å². The molecule has 0 bridgehead atoms. The van der Waals surface area contributed by atoms with Crippen LogP contribution in [0.5, 0.6) is 0 Å². The number of carbonyl (C=O) groups excluding carboxylic acids is 2. The highest BCUT2D eigenvalue weighted by Crippen LogP contribution is 2.08. The zero-order chi connectivity index (χ0) is 14.6. The van der Waals surface area contributed by atoms with Crippen LogP contribution < -0.4 is 0 Å². The van der Waals surface area contributed by atoms with Crippen LogP contribution in [0.1, 0.15) is 55.3 Å². The van der Waals surface area contributed by atoms with Crippen molar-refractivity contribution >= 4 is 12.2 Å². The first-order chi connectivity index (χ1) is 8.70. The van der Waals surface area contributed by atoms with Crippen LogP contribution in [-0.4, -0.2) is 30.7 Å². The van der Waals surface area contributed by atoms with Crippen molar-refractivity contribution in [2.24, 2.45) is 0 Å². The van der Waals surface area contributed by atoms with E-state index in [1.165, 1.54) is 0 Å². The molecule has 1 aromatic carbocycles. The van der Waals surface area contributed by atoms with Gasteiger partial charge in [-0.25, -0.2) is 0 Å². The molecular formula is C15H25NO2. The maximum Gasteiger partial charge on any atom is 0.254 e. The van der Waals surface area contributed by atoms with Gasteiger partial charge < -0.3 is 4.90 Å². The second-order valence-electron chi connectivity index (χ2n) is 3.02. The highest BCUT2D eigenvalue weighted by molar-refractivity contribution is 6.01. The molecule has 0 saturated heterocycles. The summed E-state index contributed by atoms with van der Waals surface area (Å²) in [6.07, 6.45) is 0.705. The standard InChI is InChI=1S/C11H13NO2.2C2H6/c1-3-12(2)11(14)10-7-5-4-6-9(10)8-13;2*1-2/h4-8H,3H2,1-2H3;2*1-2H3. The van der Waals surface area contributed by atoms with Crippen molar-refractivity contribution in [3.63, 3.8) is 0 Å². The van der Waals surface area contributed by atoms with Crippen molar-refractivity contribution in [2.45, 2.75) is 34.6 Å². The zero-order valence-corrected chi connectivity index (χ0v) is 12.4. The van der Waals surface area contributed by atoms with Gasteiger partial charge in [0.05, 0.1) is 5.56 Å². The third kappa shape index (κ3) is 5.62. The first kappa shape index (κ1) is 18.7. The summed E-state index contributed by atoms with van der Waals surface area (Å²) >= 11 is 0. The highest BCUT2D eigenvalue weighted by atomic mass is 16.2. The topological polar surface area (TPSA) is 37.4 Å². The predicted octanol–water partition coefficient (Wildman–Crippen LogP) is 3.64. The molecule has 0 aliphatic carbocycles. The number of aldehydes is 1. The van der Waals surface area contributed by atoms with Crippen molar-refractivity contribution in [2.75, 3.05) is 13.6 Å². The molecule has 0 aromatic heterocycles. The molecule has 0 N–H and O–H groups in total. The number of amides is 1. The molecule has 0 unspecified atom stereocenters. The van der Waals surface area contributed by atoms with Crippen LogP contribution in [-0.2, 0) is 0 Å². The minimum atomic E-state index is -0.116. The van der Waals surface area contributed by atoms with E-state index >= 15 is 0 Å². The molecule has 0 saturated carbocycles. The maximum atomic E-state index is 11.7. The fourth-order valence-corrected chi connectivity index (χ4v) is 1.14. The van der Waals surface area contributed by atoms with E-state index in [2.05, 4.69) is 0 Å². The van der Waals surface area contributed by atoms with Gasteiger partial charge in [0, 0.05) is 19.2 Å². The van der Waals surface area contributed by atoms with Gasteiger partial charge in [-0.3, -0.25) is 9.59 Å². The molecule has 0 aliphatic heterocycles. The number of carbonyl (C=O) groups is 2. The minimum absolute atomic E-state index is 0.116. The monoisotopic (exact) mass is 251 g/mol. The van der Waals surface area contributed by atoms with Crippen LogP contribution in [0.4, 0.5) is 0 Å². The molecule has 1 rings (SSSR count). The van der Waals surface area contributed by atoms with Gasteiger partial charge in [-0.15, -0.1) is 0 Å². The van der Waals surface area contributed by atoms with Crippen LogP contribution in [0.15, 0.2) is 24.3 Å². The lowest BCUT2D eigenvalue weighted by atomic mass is 10.1. The van der Waals surface area contributed by atoms with Crippen LogP contribution in [0, 0.1) is 0 Å². The van der Waals surface area contributed by atoms with Gasteiger partial charge in [-0.1, -0.05) is 45.9 Å². The molecular weight excluding hydrogens is 226 g/mol. The summed E-state index contributed by atoms with van der Waals surface area (Å²) in [5.74, 6) is -0.116. The minimum Gasteiger partial charge on any atom is -0.342 e. The lowest BCUT2D eigenvalue weighted by Gasteiger charge is -2.15. The van der Waals surface area contributed by atoms with E-state index in [1.807, 2.05) is 34.6 Å². The van der Waals surface area contributed by atoms with Gasteiger partial charge in [0.25, 0.3) is 5.91 Å². The fourth-order valence-electron chi connectivity index (χ4n) is 1.14. The molecule has 3 nitrogen and oxygen atoms in total. The number of rotatable bonds is 3. The quantitative estimate of drug-likeness (QED) is 0.769. The van der Waals surface area contributed by atoms with Crippen molar-refractivity contribution in [1.82, 2.24) is 4.90 Å². The zero-order valence-electron chi connectivity index (χ0n) is 12.4. The first-order valence-electron chi connectivity index (χ1n) is 6.50. The van der Waals surface area contributed by atoms with Crippen LogP contribution in [0.25, 0.3) is 0 Å². The van der Waals surface area contributed by atoms with Gasteiger partial charge in [0.2, 0.25) is 0 Å². The lowest BCUT2D eigenvalue weighted by molar-refractivity contribution is 0.0799. The average molecular weight is 251 g/mol. The van der Waals surface area contributed by atoms with Gasteiger partial charge in [0.15, 0.2) is 6.29 Å². The number of benzene rings is 1. The summed E-state index contributed by atoms with van der Waals surface area (Å²) in [4.78, 5) is 24.0. The van der Waals surface area contributed by atoms with E-state index in [-0.39, 0.29) is 5.91 Å². The smallest absolute Gasteiger partial charge is 0.254 e. The third-order valence-electron chi connectivity index (χ3n) is 2.14. The lowest BCUT2D eigenvalue weighted by Crippen LogP contribution is -2.27. The molecule has 0 radical (unpaired) electrons. The normalized spacial score (nSPS) is 8.11. The number of nitrogens with zero attached hydrogens (tertiary/aromatic N) is 1. The van der Waals surface area contributed by atoms with Gasteiger partial charge >= 0.3 is 0 Å². The highest BCUT2D eigenvalue weighted by Gasteiger charge is 2.12. The molecule has 0 fully saturated rings. The summed E-state index contributed by atoms with van der Waals surface area (Å²) in [6, 6.07) is 6.80. The van der Waals surface area contributed by atoms with Gasteiger partial charge in [-0.2, -0.15) is 0 Å². The predicted molar refractivity (Wildman–Crippen MR) is 77.2 cm³/mol. The molecule has 0 aliphatic rings. The summed E-state index contributed by atoms with van der Waals surface area (Å²) in [6.45, 7) is 10.5. The molecule has 0 spiro atoms. The van der Waals surface area contributed by atoms with E-state index in [0.29, 0.717) is 24.0 Å². The SMILES string of the molecule is CC.CC.CCN(C)C(=O)c1ccccc1C=O. The molecule has 102 valence electrons. The summed E-state index contributed by atoms with van der Waals surface area (Å²) in [7, 11) is 1.71. The Morgan fingerprint density at radius 2 is 1.67 bits per heavy atom. The largest absolute Gasteiger partial charge is 0.342 e. The average Bonchev–Trinajstić information content (AvgIpc) is 2.49. The molecule has 18 heavy (non-hydrogen) atoms. The Morgan fingerprint density at radius 1 is 1.17 bits per heavy atom. The van der Waals surface area contributed by atoms with E-state index in [9.17, 15) is 9.59 Å². The summed E-state index contributed by atoms with van der Waals surface area (Å²) in [5.41, 5.74) is 0.907. The van der Waals surface area contributed by atoms with E-state index in [4.69, 9.17) is 0 Å². The van der Waals surface area contributed by atoms with Gasteiger partial charge in [0.1, 0.15) is 0 Å². The van der Waals surface area contributed by atoms with Crippen molar-refractivity contribution in [3.8, 4) is 0 Å². The first-order valence-corrected chi connectivity index (χ1v) is 6.50. The second-order valence-corrected chi connectivity index (χ2v) is 3.02. The Morgan fingerprint density at radius 3 is 2.11 bits per heavy atom.